The van der Waals surface area contributed by atoms with Crippen LogP contribution in [-0.2, 0) is 12.7 Å². The molecule has 2 aliphatic rings. The number of alkyl halides is 3. The number of thiazole rings is 1. The third kappa shape index (κ3) is 6.42. The summed E-state index contributed by atoms with van der Waals surface area (Å²) in [6.07, 6.45) is 0.0770. The lowest BCUT2D eigenvalue weighted by Gasteiger charge is -2.44. The summed E-state index contributed by atoms with van der Waals surface area (Å²) in [5.41, 5.74) is -1.42. The molecule has 3 aromatic rings. The van der Waals surface area contributed by atoms with Crippen molar-refractivity contribution in [3.05, 3.63) is 79.9 Å². The Balaban J connectivity index is 1.50. The molecule has 1 fully saturated rings. The van der Waals surface area contributed by atoms with E-state index in [4.69, 9.17) is 0 Å². The molecule has 0 radical (unpaired) electrons. The lowest BCUT2D eigenvalue weighted by molar-refractivity contribution is -0.138. The predicted molar refractivity (Wildman–Crippen MR) is 155 cm³/mol. The summed E-state index contributed by atoms with van der Waals surface area (Å²) in [7, 11) is 2.00. The number of piperazine rings is 1. The number of halogens is 4. The van der Waals surface area contributed by atoms with E-state index < -0.39 is 34.6 Å². The summed E-state index contributed by atoms with van der Waals surface area (Å²) >= 11 is 1.57. The molecule has 4 heterocycles. The monoisotopic (exact) mass is 604 g/mol. The van der Waals surface area contributed by atoms with Crippen LogP contribution in [0.2, 0.25) is 0 Å². The minimum atomic E-state index is -4.92. The molecular weight excluding hydrogens is 572 g/mol. The highest BCUT2D eigenvalue weighted by Gasteiger charge is 2.36. The molecule has 1 saturated heterocycles. The highest BCUT2D eigenvalue weighted by atomic mass is 32.1. The van der Waals surface area contributed by atoms with Crippen LogP contribution in [0.1, 0.15) is 46.8 Å². The van der Waals surface area contributed by atoms with Gasteiger partial charge in [0.25, 0.3) is 5.91 Å². The molecule has 2 atom stereocenters. The fourth-order valence-electron chi connectivity index (χ4n) is 5.48. The van der Waals surface area contributed by atoms with Gasteiger partial charge in [0, 0.05) is 67.7 Å². The van der Waals surface area contributed by atoms with Crippen LogP contribution >= 0.6 is 11.3 Å². The fraction of sp³-hybridized carbons (Fsp3) is 0.414. The molecule has 8 nitrogen and oxygen atoms in total. The average molecular weight is 605 g/mol. The largest absolute Gasteiger partial charge is 0.417 e. The van der Waals surface area contributed by atoms with E-state index in [1.54, 1.807) is 17.5 Å². The van der Waals surface area contributed by atoms with Crippen LogP contribution in [0.15, 0.2) is 46.8 Å². The number of nitrogens with one attached hydrogen (secondary N) is 2. The van der Waals surface area contributed by atoms with Gasteiger partial charge in [0.05, 0.1) is 29.0 Å². The lowest BCUT2D eigenvalue weighted by Crippen LogP contribution is -2.55. The van der Waals surface area contributed by atoms with Gasteiger partial charge in [0.15, 0.2) is 0 Å². The van der Waals surface area contributed by atoms with Gasteiger partial charge in [-0.05, 0) is 45.0 Å². The number of hydrogen-bond donors (Lipinski definition) is 2. The van der Waals surface area contributed by atoms with Gasteiger partial charge >= 0.3 is 6.18 Å². The third-order valence-electron chi connectivity index (χ3n) is 7.99. The molecule has 2 N–H and O–H groups in total. The molecule has 0 aliphatic carbocycles. The standard InChI is InChI=1S/C29H32F4N6O2S/c1-17-14-39(15-18(2)37(17)3)25-12-23(30)20(19-4-7-38(8-5-19)16-27-34-6-9-42-27)10-24(25)36-28(41)21-13-35-26(40)11-22(21)29(31,32)33/h4,6,9-13,17-18H,5,7-8,14-16H2,1-3H3,(H,35,40)(H,36,41). The van der Waals surface area contributed by atoms with Gasteiger partial charge in [-0.15, -0.1) is 11.3 Å². The summed E-state index contributed by atoms with van der Waals surface area (Å²) in [5, 5.41) is 5.52. The number of aromatic nitrogens is 2. The Kier molecular flexibility index (Phi) is 8.53. The number of hydrogen-bond acceptors (Lipinski definition) is 7. The maximum absolute atomic E-state index is 15.8. The Bertz CT molecular complexity index is 1530. The molecule has 2 aromatic heterocycles. The number of pyridine rings is 1. The second-order valence-electron chi connectivity index (χ2n) is 10.8. The van der Waals surface area contributed by atoms with E-state index in [2.05, 4.69) is 25.1 Å². The normalized spacial score (nSPS) is 20.5. The first kappa shape index (κ1) is 29.9. The van der Waals surface area contributed by atoms with Crippen molar-refractivity contribution in [3.8, 4) is 0 Å². The van der Waals surface area contributed by atoms with Crippen LogP contribution in [0.5, 0.6) is 0 Å². The first-order valence-electron chi connectivity index (χ1n) is 13.6. The van der Waals surface area contributed by atoms with Gasteiger partial charge in [0.1, 0.15) is 10.8 Å². The summed E-state index contributed by atoms with van der Waals surface area (Å²) in [4.78, 5) is 37.7. The molecule has 42 heavy (non-hydrogen) atoms. The number of rotatable bonds is 6. The van der Waals surface area contributed by atoms with Gasteiger partial charge in [-0.3, -0.25) is 19.4 Å². The number of anilines is 2. The highest BCUT2D eigenvalue weighted by Crippen LogP contribution is 2.37. The number of benzene rings is 1. The SMILES string of the molecule is CC1CN(c2cc(F)c(C3=CCN(Cc4nccs4)CC3)cc2NC(=O)c2c[nH]c(=O)cc2C(F)(F)F)CC(C)N1C. The zero-order valence-electron chi connectivity index (χ0n) is 23.5. The number of H-pyrrole nitrogens is 1. The van der Waals surface area contributed by atoms with E-state index in [1.807, 2.05) is 37.3 Å². The summed E-state index contributed by atoms with van der Waals surface area (Å²) in [6.45, 7) is 7.07. The van der Waals surface area contributed by atoms with Crippen molar-refractivity contribution in [1.29, 1.82) is 0 Å². The van der Waals surface area contributed by atoms with Crippen LogP contribution in [0.25, 0.3) is 5.57 Å². The van der Waals surface area contributed by atoms with Crippen LogP contribution in [0.4, 0.5) is 28.9 Å². The van der Waals surface area contributed by atoms with Gasteiger partial charge in [-0.1, -0.05) is 6.08 Å². The zero-order chi connectivity index (χ0) is 30.2. The number of amides is 1. The predicted octanol–water partition coefficient (Wildman–Crippen LogP) is 5.06. The third-order valence-corrected chi connectivity index (χ3v) is 8.75. The molecule has 224 valence electrons. The quantitative estimate of drug-likeness (QED) is 0.383. The Hall–Kier alpha value is -3.55. The second-order valence-corrected chi connectivity index (χ2v) is 11.8. The molecule has 1 aromatic carbocycles. The van der Waals surface area contributed by atoms with Crippen LogP contribution in [-0.4, -0.2) is 71.0 Å². The van der Waals surface area contributed by atoms with Crippen molar-refractivity contribution in [2.75, 3.05) is 43.4 Å². The molecule has 2 aliphatic heterocycles. The minimum absolute atomic E-state index is 0.112. The van der Waals surface area contributed by atoms with Crippen LogP contribution in [0, 0.1) is 5.82 Å². The van der Waals surface area contributed by atoms with Gasteiger partial charge in [0.2, 0.25) is 5.56 Å². The topological polar surface area (TPSA) is 84.6 Å². The first-order valence-corrected chi connectivity index (χ1v) is 14.5. The molecule has 0 bridgehead atoms. The smallest absolute Gasteiger partial charge is 0.367 e. The number of carbonyl (C=O) groups excluding carboxylic acids is 1. The van der Waals surface area contributed by atoms with E-state index in [9.17, 15) is 22.8 Å². The van der Waals surface area contributed by atoms with Crippen LogP contribution in [0.3, 0.4) is 0 Å². The molecule has 2 unspecified atom stereocenters. The van der Waals surface area contributed by atoms with Crippen molar-refractivity contribution in [2.24, 2.45) is 0 Å². The Morgan fingerprint density at radius 2 is 1.93 bits per heavy atom. The number of nitrogens with zero attached hydrogens (tertiary/aromatic N) is 4. The molecule has 0 saturated carbocycles. The highest BCUT2D eigenvalue weighted by molar-refractivity contribution is 7.09. The van der Waals surface area contributed by atoms with Crippen molar-refractivity contribution >= 4 is 34.2 Å². The summed E-state index contributed by atoms with van der Waals surface area (Å²) < 4.78 is 56.9. The molecular formula is C29H32F4N6O2S. The Morgan fingerprint density at radius 1 is 1.19 bits per heavy atom. The first-order chi connectivity index (χ1) is 19.9. The average Bonchev–Trinajstić information content (AvgIpc) is 3.45. The zero-order valence-corrected chi connectivity index (χ0v) is 24.3. The van der Waals surface area contributed by atoms with E-state index in [0.717, 1.165) is 16.8 Å². The van der Waals surface area contributed by atoms with Crippen molar-refractivity contribution < 1.29 is 22.4 Å². The second kappa shape index (κ2) is 12.0. The Morgan fingerprint density at radius 3 is 2.55 bits per heavy atom. The molecule has 1 amide bonds. The van der Waals surface area contributed by atoms with E-state index in [1.165, 1.54) is 12.1 Å². The van der Waals surface area contributed by atoms with Crippen molar-refractivity contribution in [2.45, 2.75) is 45.1 Å². The number of aromatic amines is 1. The molecule has 0 spiro atoms. The molecule has 5 rings (SSSR count). The van der Waals surface area contributed by atoms with Crippen molar-refractivity contribution in [3.63, 3.8) is 0 Å². The summed E-state index contributed by atoms with van der Waals surface area (Å²) in [5.74, 6) is -1.53. The van der Waals surface area contributed by atoms with Gasteiger partial charge in [-0.2, -0.15) is 13.2 Å². The van der Waals surface area contributed by atoms with Crippen molar-refractivity contribution in [1.82, 2.24) is 19.8 Å². The maximum atomic E-state index is 15.8. The minimum Gasteiger partial charge on any atom is -0.367 e. The van der Waals surface area contributed by atoms with E-state index >= 15 is 4.39 Å². The van der Waals surface area contributed by atoms with Gasteiger partial charge < -0.3 is 15.2 Å². The van der Waals surface area contributed by atoms with E-state index in [-0.39, 0.29) is 23.3 Å². The Labute approximate surface area is 244 Å². The summed E-state index contributed by atoms with van der Waals surface area (Å²) in [6, 6.07) is 3.45. The van der Waals surface area contributed by atoms with Gasteiger partial charge in [-0.25, -0.2) is 9.37 Å². The van der Waals surface area contributed by atoms with Crippen LogP contribution < -0.4 is 15.8 Å². The number of likely N-dealkylation sites (N-methyl/N-ethyl adjacent to an activating group) is 1. The number of carbonyl (C=O) groups is 1. The van der Waals surface area contributed by atoms with E-state index in [0.29, 0.717) is 50.9 Å². The molecule has 13 heteroatoms. The fourth-order valence-corrected chi connectivity index (χ4v) is 6.13. The lowest BCUT2D eigenvalue weighted by atomic mass is 9.96. The maximum Gasteiger partial charge on any atom is 0.417 e.